The van der Waals surface area contributed by atoms with Crippen LogP contribution in [0.15, 0.2) is 23.4 Å². The SMILES string of the molecule is CCCCNC(=O)NC(=O)CSc1ccc(C(=O)O)cn1. The number of rotatable bonds is 7. The van der Waals surface area contributed by atoms with Crippen molar-refractivity contribution in [1.29, 1.82) is 0 Å². The molecule has 3 amide bonds. The predicted molar refractivity (Wildman–Crippen MR) is 78.4 cm³/mol. The number of thioether (sulfide) groups is 1. The number of aromatic nitrogens is 1. The van der Waals surface area contributed by atoms with Crippen molar-refractivity contribution in [2.24, 2.45) is 0 Å². The molecule has 0 aromatic carbocycles. The Morgan fingerprint density at radius 1 is 1.33 bits per heavy atom. The number of carbonyl (C=O) groups excluding carboxylic acids is 2. The summed E-state index contributed by atoms with van der Waals surface area (Å²) in [4.78, 5) is 37.4. The fraction of sp³-hybridized carbons (Fsp3) is 0.385. The van der Waals surface area contributed by atoms with Gasteiger partial charge in [-0.2, -0.15) is 0 Å². The number of imide groups is 1. The molecule has 1 heterocycles. The number of aromatic carboxylic acids is 1. The van der Waals surface area contributed by atoms with Gasteiger partial charge in [0, 0.05) is 12.7 Å². The van der Waals surface area contributed by atoms with Gasteiger partial charge in [-0.25, -0.2) is 14.6 Å². The first-order chi connectivity index (χ1) is 10.0. The van der Waals surface area contributed by atoms with Gasteiger partial charge in [0.15, 0.2) is 0 Å². The lowest BCUT2D eigenvalue weighted by molar-refractivity contribution is -0.117. The Hall–Kier alpha value is -2.09. The van der Waals surface area contributed by atoms with E-state index in [9.17, 15) is 14.4 Å². The first kappa shape index (κ1) is 17.0. The third kappa shape index (κ3) is 6.75. The summed E-state index contributed by atoms with van der Waals surface area (Å²) in [6.45, 7) is 2.53. The molecule has 0 spiro atoms. The van der Waals surface area contributed by atoms with Crippen molar-refractivity contribution in [2.75, 3.05) is 12.3 Å². The summed E-state index contributed by atoms with van der Waals surface area (Å²) in [5.41, 5.74) is 0.0825. The maximum absolute atomic E-state index is 11.5. The fourth-order valence-electron chi connectivity index (χ4n) is 1.32. The summed E-state index contributed by atoms with van der Waals surface area (Å²) >= 11 is 1.12. The Balaban J connectivity index is 2.32. The van der Waals surface area contributed by atoms with E-state index >= 15 is 0 Å². The van der Waals surface area contributed by atoms with Gasteiger partial charge in [0.2, 0.25) is 5.91 Å². The van der Waals surface area contributed by atoms with Crippen LogP contribution in [0.5, 0.6) is 0 Å². The number of hydrogen-bond donors (Lipinski definition) is 3. The molecule has 0 radical (unpaired) electrons. The summed E-state index contributed by atoms with van der Waals surface area (Å²) in [5.74, 6) is -1.46. The standard InChI is InChI=1S/C13H17N3O4S/c1-2-3-6-14-13(20)16-10(17)8-21-11-5-4-9(7-15-11)12(18)19/h4-5,7H,2-3,6,8H2,1H3,(H,18,19)(H2,14,16,17,20). The van der Waals surface area contributed by atoms with E-state index in [0.717, 1.165) is 24.6 Å². The topological polar surface area (TPSA) is 108 Å². The van der Waals surface area contributed by atoms with Crippen molar-refractivity contribution >= 4 is 29.7 Å². The molecule has 114 valence electrons. The number of carbonyl (C=O) groups is 3. The fourth-order valence-corrected chi connectivity index (χ4v) is 1.96. The molecule has 0 aliphatic rings. The number of carboxylic acid groups (broad SMARTS) is 1. The second kappa shape index (κ2) is 8.96. The minimum absolute atomic E-state index is 0.0284. The third-order valence-electron chi connectivity index (χ3n) is 2.40. The minimum Gasteiger partial charge on any atom is -0.478 e. The van der Waals surface area contributed by atoms with Crippen LogP contribution in [-0.2, 0) is 4.79 Å². The highest BCUT2D eigenvalue weighted by Crippen LogP contribution is 2.14. The van der Waals surface area contributed by atoms with E-state index in [2.05, 4.69) is 15.6 Å². The van der Waals surface area contributed by atoms with Crippen LogP contribution in [0.2, 0.25) is 0 Å². The molecule has 0 bridgehead atoms. The lowest BCUT2D eigenvalue weighted by atomic mass is 10.3. The minimum atomic E-state index is -1.06. The number of urea groups is 1. The molecule has 0 aliphatic carbocycles. The smallest absolute Gasteiger partial charge is 0.337 e. The van der Waals surface area contributed by atoms with E-state index in [0.29, 0.717) is 11.6 Å². The van der Waals surface area contributed by atoms with E-state index in [1.165, 1.54) is 18.3 Å². The average Bonchev–Trinajstić information content (AvgIpc) is 2.46. The van der Waals surface area contributed by atoms with Crippen molar-refractivity contribution in [3.05, 3.63) is 23.9 Å². The molecule has 1 aromatic heterocycles. The van der Waals surface area contributed by atoms with E-state index < -0.39 is 17.9 Å². The van der Waals surface area contributed by atoms with Gasteiger partial charge < -0.3 is 10.4 Å². The van der Waals surface area contributed by atoms with Crippen LogP contribution in [-0.4, -0.2) is 40.3 Å². The van der Waals surface area contributed by atoms with Gasteiger partial charge in [0.05, 0.1) is 16.3 Å². The highest BCUT2D eigenvalue weighted by atomic mass is 32.2. The number of amides is 3. The summed E-state index contributed by atoms with van der Waals surface area (Å²) < 4.78 is 0. The third-order valence-corrected chi connectivity index (χ3v) is 3.35. The van der Waals surface area contributed by atoms with Crippen molar-refractivity contribution in [3.63, 3.8) is 0 Å². The van der Waals surface area contributed by atoms with Crippen molar-refractivity contribution in [2.45, 2.75) is 24.8 Å². The van der Waals surface area contributed by atoms with Crippen LogP contribution in [0.1, 0.15) is 30.1 Å². The Labute approximate surface area is 126 Å². The maximum atomic E-state index is 11.5. The summed E-state index contributed by atoms with van der Waals surface area (Å²) in [6.07, 6.45) is 3.04. The summed E-state index contributed by atoms with van der Waals surface area (Å²) in [7, 11) is 0. The second-order valence-electron chi connectivity index (χ2n) is 4.14. The van der Waals surface area contributed by atoms with Crippen molar-refractivity contribution in [1.82, 2.24) is 15.6 Å². The van der Waals surface area contributed by atoms with Crippen molar-refractivity contribution < 1.29 is 19.5 Å². The van der Waals surface area contributed by atoms with Crippen LogP contribution in [0.25, 0.3) is 0 Å². The molecule has 0 saturated heterocycles. The molecule has 7 nitrogen and oxygen atoms in total. The zero-order valence-corrected chi connectivity index (χ0v) is 12.4. The van der Waals surface area contributed by atoms with Gasteiger partial charge in [0.25, 0.3) is 0 Å². The lowest BCUT2D eigenvalue weighted by Gasteiger charge is -2.05. The number of hydrogen-bond acceptors (Lipinski definition) is 5. The van der Waals surface area contributed by atoms with Gasteiger partial charge in [-0.05, 0) is 18.6 Å². The van der Waals surface area contributed by atoms with Crippen LogP contribution in [0, 0.1) is 0 Å². The summed E-state index contributed by atoms with van der Waals surface area (Å²) in [5, 5.41) is 14.0. The van der Waals surface area contributed by atoms with Crippen LogP contribution in [0.4, 0.5) is 4.79 Å². The van der Waals surface area contributed by atoms with E-state index in [4.69, 9.17) is 5.11 Å². The van der Waals surface area contributed by atoms with Gasteiger partial charge in [-0.15, -0.1) is 0 Å². The highest BCUT2D eigenvalue weighted by Gasteiger charge is 2.09. The molecule has 1 aromatic rings. The van der Waals surface area contributed by atoms with Gasteiger partial charge in [-0.3, -0.25) is 10.1 Å². The molecular formula is C13H17N3O4S. The molecule has 21 heavy (non-hydrogen) atoms. The highest BCUT2D eigenvalue weighted by molar-refractivity contribution is 7.99. The molecule has 8 heteroatoms. The Kier molecular flexibility index (Phi) is 7.24. The second-order valence-corrected chi connectivity index (χ2v) is 5.13. The normalized spacial score (nSPS) is 9.95. The van der Waals surface area contributed by atoms with Gasteiger partial charge in [-0.1, -0.05) is 25.1 Å². The number of unbranched alkanes of at least 4 members (excludes halogenated alkanes) is 1. The Bertz CT molecular complexity index is 505. The van der Waals surface area contributed by atoms with Gasteiger partial charge in [0.1, 0.15) is 0 Å². The van der Waals surface area contributed by atoms with E-state index in [1.807, 2.05) is 6.92 Å². The molecule has 0 fully saturated rings. The molecule has 1 rings (SSSR count). The molecule has 0 saturated carbocycles. The summed E-state index contributed by atoms with van der Waals surface area (Å²) in [6, 6.07) is 2.42. The van der Waals surface area contributed by atoms with Gasteiger partial charge >= 0.3 is 12.0 Å². The first-order valence-electron chi connectivity index (χ1n) is 6.42. The molecule has 3 N–H and O–H groups in total. The average molecular weight is 311 g/mol. The molecule has 0 aliphatic heterocycles. The molecular weight excluding hydrogens is 294 g/mol. The predicted octanol–water partition coefficient (Wildman–Crippen LogP) is 1.50. The van der Waals surface area contributed by atoms with Crippen molar-refractivity contribution in [3.8, 4) is 0 Å². The number of nitrogens with zero attached hydrogens (tertiary/aromatic N) is 1. The zero-order chi connectivity index (χ0) is 15.7. The maximum Gasteiger partial charge on any atom is 0.337 e. The van der Waals surface area contributed by atoms with E-state index in [1.54, 1.807) is 0 Å². The van der Waals surface area contributed by atoms with Crippen LogP contribution >= 0.6 is 11.8 Å². The molecule has 0 atom stereocenters. The number of pyridine rings is 1. The Morgan fingerprint density at radius 3 is 2.67 bits per heavy atom. The van der Waals surface area contributed by atoms with Crippen LogP contribution < -0.4 is 10.6 Å². The number of carboxylic acids is 1. The van der Waals surface area contributed by atoms with Crippen LogP contribution in [0.3, 0.4) is 0 Å². The molecule has 0 unspecified atom stereocenters. The monoisotopic (exact) mass is 311 g/mol. The Morgan fingerprint density at radius 2 is 2.10 bits per heavy atom. The quantitative estimate of drug-likeness (QED) is 0.520. The first-order valence-corrected chi connectivity index (χ1v) is 7.41. The zero-order valence-electron chi connectivity index (χ0n) is 11.6. The number of nitrogens with one attached hydrogen (secondary N) is 2. The lowest BCUT2D eigenvalue weighted by Crippen LogP contribution is -2.40. The van der Waals surface area contributed by atoms with E-state index in [-0.39, 0.29) is 11.3 Å². The largest absolute Gasteiger partial charge is 0.478 e.